The van der Waals surface area contributed by atoms with Crippen LogP contribution in [-0.4, -0.2) is 34.3 Å². The Balaban J connectivity index is 1.82. The fourth-order valence-electron chi connectivity index (χ4n) is 2.15. The van der Waals surface area contributed by atoms with E-state index in [4.69, 9.17) is 0 Å². The molecule has 0 amide bonds. The monoisotopic (exact) mass is 370 g/mol. The summed E-state index contributed by atoms with van der Waals surface area (Å²) in [5.41, 5.74) is 1.08. The van der Waals surface area contributed by atoms with Gasteiger partial charge in [0.1, 0.15) is 0 Å². The number of aryl methyl sites for hydroxylation is 1. The first-order valence-corrected chi connectivity index (χ1v) is 8.96. The Morgan fingerprint density at radius 1 is 1.38 bits per heavy atom. The minimum Gasteiger partial charge on any atom is -0.378 e. The van der Waals surface area contributed by atoms with Crippen molar-refractivity contribution in [3.63, 3.8) is 0 Å². The van der Waals surface area contributed by atoms with Gasteiger partial charge in [-0.3, -0.25) is 4.68 Å². The molecule has 2 aromatic heterocycles. The van der Waals surface area contributed by atoms with E-state index in [1.165, 1.54) is 14.2 Å². The van der Waals surface area contributed by atoms with Crippen molar-refractivity contribution in [3.8, 4) is 0 Å². The average Bonchev–Trinajstić information content (AvgIpc) is 3.05. The van der Waals surface area contributed by atoms with E-state index in [2.05, 4.69) is 64.3 Å². The van der Waals surface area contributed by atoms with Crippen LogP contribution in [0.5, 0.6) is 0 Å². The van der Waals surface area contributed by atoms with Crippen molar-refractivity contribution >= 4 is 33.0 Å². The van der Waals surface area contributed by atoms with Crippen LogP contribution in [0.2, 0.25) is 0 Å². The molecule has 0 atom stereocenters. The van der Waals surface area contributed by atoms with E-state index in [-0.39, 0.29) is 0 Å². The molecule has 2 heterocycles. The van der Waals surface area contributed by atoms with E-state index >= 15 is 0 Å². The van der Waals surface area contributed by atoms with E-state index in [1.807, 2.05) is 22.2 Å². The molecule has 2 rings (SSSR count). The topological polar surface area (TPSA) is 33.1 Å². The molecule has 0 aliphatic heterocycles. The Morgan fingerprint density at radius 2 is 2.14 bits per heavy atom. The van der Waals surface area contributed by atoms with Crippen LogP contribution in [0.4, 0.5) is 5.69 Å². The number of nitrogens with zero attached hydrogens (tertiary/aromatic N) is 3. The van der Waals surface area contributed by atoms with Crippen LogP contribution in [-0.2, 0) is 13.1 Å². The number of thiophene rings is 1. The Hall–Kier alpha value is -0.850. The first kappa shape index (κ1) is 16.5. The molecule has 116 valence electrons. The second kappa shape index (κ2) is 7.96. The Morgan fingerprint density at radius 3 is 2.76 bits per heavy atom. The minimum atomic E-state index is 0.846. The molecular weight excluding hydrogens is 348 g/mol. The Kier molecular flexibility index (Phi) is 6.26. The second-order valence-electron chi connectivity index (χ2n) is 4.99. The molecule has 0 saturated carbocycles. The normalized spacial score (nSPS) is 11.3. The molecule has 0 aliphatic carbocycles. The van der Waals surface area contributed by atoms with E-state index in [0.717, 1.165) is 38.4 Å². The van der Waals surface area contributed by atoms with Crippen LogP contribution < -0.4 is 5.32 Å². The number of halogens is 1. The van der Waals surface area contributed by atoms with Crippen LogP contribution in [0.15, 0.2) is 22.9 Å². The summed E-state index contributed by atoms with van der Waals surface area (Å²) in [6.45, 7) is 11.5. The molecule has 0 saturated heterocycles. The van der Waals surface area contributed by atoms with E-state index < -0.39 is 0 Å². The van der Waals surface area contributed by atoms with Gasteiger partial charge < -0.3 is 10.2 Å². The van der Waals surface area contributed by atoms with Crippen molar-refractivity contribution in [2.24, 2.45) is 0 Å². The summed E-state index contributed by atoms with van der Waals surface area (Å²) in [6, 6.07) is 2.18. The summed E-state index contributed by atoms with van der Waals surface area (Å²) in [5.74, 6) is 0. The van der Waals surface area contributed by atoms with Gasteiger partial charge in [0.25, 0.3) is 0 Å². The number of hydrogen-bond donors (Lipinski definition) is 1. The molecule has 0 unspecified atom stereocenters. The van der Waals surface area contributed by atoms with Crippen LogP contribution in [0.1, 0.15) is 23.6 Å². The number of aromatic nitrogens is 2. The molecule has 0 fully saturated rings. The van der Waals surface area contributed by atoms with Gasteiger partial charge in [-0.1, -0.05) is 13.8 Å². The predicted octanol–water partition coefficient (Wildman–Crippen LogP) is 3.97. The van der Waals surface area contributed by atoms with E-state index in [0.29, 0.717) is 0 Å². The predicted molar refractivity (Wildman–Crippen MR) is 94.1 cm³/mol. The number of likely N-dealkylation sites (N-methyl/N-ethyl adjacent to an activating group) is 1. The highest BCUT2D eigenvalue weighted by molar-refractivity contribution is 9.10. The molecule has 2 aromatic rings. The highest BCUT2D eigenvalue weighted by Gasteiger charge is 2.04. The Labute approximate surface area is 139 Å². The summed E-state index contributed by atoms with van der Waals surface area (Å²) in [4.78, 5) is 5.05. The first-order valence-electron chi connectivity index (χ1n) is 7.35. The van der Waals surface area contributed by atoms with Crippen molar-refractivity contribution in [2.75, 3.05) is 25.0 Å². The summed E-state index contributed by atoms with van der Waals surface area (Å²) >= 11 is 5.37. The van der Waals surface area contributed by atoms with Crippen LogP contribution in [0.25, 0.3) is 0 Å². The third-order valence-electron chi connectivity index (χ3n) is 3.55. The fourth-order valence-corrected chi connectivity index (χ4v) is 3.70. The quantitative estimate of drug-likeness (QED) is 0.762. The van der Waals surface area contributed by atoms with Crippen LogP contribution in [0, 0.1) is 6.92 Å². The summed E-state index contributed by atoms with van der Waals surface area (Å²) < 4.78 is 3.20. The third-order valence-corrected chi connectivity index (χ3v) is 5.68. The van der Waals surface area contributed by atoms with E-state index in [9.17, 15) is 0 Å². The van der Waals surface area contributed by atoms with Crippen molar-refractivity contribution in [3.05, 3.63) is 32.7 Å². The first-order chi connectivity index (χ1) is 10.1. The lowest BCUT2D eigenvalue weighted by Gasteiger charge is -2.17. The summed E-state index contributed by atoms with van der Waals surface area (Å²) in [6.07, 6.45) is 3.98. The van der Waals surface area contributed by atoms with Gasteiger partial charge in [0.2, 0.25) is 0 Å². The van der Waals surface area contributed by atoms with Crippen molar-refractivity contribution in [1.29, 1.82) is 0 Å². The van der Waals surface area contributed by atoms with Crippen molar-refractivity contribution < 1.29 is 0 Å². The van der Waals surface area contributed by atoms with Gasteiger partial charge in [-0.05, 0) is 42.0 Å². The maximum absolute atomic E-state index is 4.41. The van der Waals surface area contributed by atoms with Crippen LogP contribution in [0.3, 0.4) is 0 Å². The zero-order valence-electron chi connectivity index (χ0n) is 12.9. The highest BCUT2D eigenvalue weighted by Crippen LogP contribution is 2.26. The highest BCUT2D eigenvalue weighted by atomic mass is 79.9. The van der Waals surface area contributed by atoms with Gasteiger partial charge in [-0.15, -0.1) is 11.3 Å². The summed E-state index contributed by atoms with van der Waals surface area (Å²) in [7, 11) is 0. The molecule has 1 N–H and O–H groups in total. The van der Waals surface area contributed by atoms with Crippen molar-refractivity contribution in [1.82, 2.24) is 14.7 Å². The van der Waals surface area contributed by atoms with Gasteiger partial charge in [0.05, 0.1) is 18.4 Å². The molecule has 0 aromatic carbocycles. The van der Waals surface area contributed by atoms with Crippen molar-refractivity contribution in [2.45, 2.75) is 33.9 Å². The van der Waals surface area contributed by atoms with Gasteiger partial charge in [0.15, 0.2) is 0 Å². The maximum atomic E-state index is 4.41. The number of hydrogen-bond acceptors (Lipinski definition) is 4. The Bertz CT molecular complexity index is 540. The average molecular weight is 371 g/mol. The smallest absolute Gasteiger partial charge is 0.0729 e. The molecule has 0 bridgehead atoms. The SMILES string of the molecule is CCN(CC)CCn1cc(NCc2cc(Br)c(C)s2)cn1. The molecule has 4 nitrogen and oxygen atoms in total. The largest absolute Gasteiger partial charge is 0.378 e. The van der Waals surface area contributed by atoms with Gasteiger partial charge in [0, 0.05) is 33.5 Å². The second-order valence-corrected chi connectivity index (χ2v) is 7.18. The number of rotatable bonds is 8. The fraction of sp³-hybridized carbons (Fsp3) is 0.533. The number of anilines is 1. The molecule has 0 aliphatic rings. The lowest BCUT2D eigenvalue weighted by atomic mass is 10.4. The lowest BCUT2D eigenvalue weighted by molar-refractivity contribution is 0.285. The number of nitrogens with one attached hydrogen (secondary N) is 1. The maximum Gasteiger partial charge on any atom is 0.0729 e. The molecule has 21 heavy (non-hydrogen) atoms. The molecular formula is C15H23BrN4S. The van der Waals surface area contributed by atoms with Crippen LogP contribution >= 0.6 is 27.3 Å². The standard InChI is InChI=1S/C15H23BrN4S/c1-4-19(5-2)6-7-20-11-13(9-18-20)17-10-14-8-15(16)12(3)21-14/h8-9,11,17H,4-7,10H2,1-3H3. The van der Waals surface area contributed by atoms with E-state index in [1.54, 1.807) is 0 Å². The van der Waals surface area contributed by atoms with Gasteiger partial charge in [-0.2, -0.15) is 5.10 Å². The zero-order chi connectivity index (χ0) is 15.2. The van der Waals surface area contributed by atoms with Gasteiger partial charge >= 0.3 is 0 Å². The zero-order valence-corrected chi connectivity index (χ0v) is 15.3. The molecule has 0 spiro atoms. The van der Waals surface area contributed by atoms with Gasteiger partial charge in [-0.25, -0.2) is 0 Å². The minimum absolute atomic E-state index is 0.846. The molecule has 6 heteroatoms. The molecule has 0 radical (unpaired) electrons. The summed E-state index contributed by atoms with van der Waals surface area (Å²) in [5, 5.41) is 7.84. The lowest BCUT2D eigenvalue weighted by Crippen LogP contribution is -2.27. The third kappa shape index (κ3) is 4.83.